The first-order chi connectivity index (χ1) is 7.79. The van der Waals surface area contributed by atoms with Gasteiger partial charge in [-0.1, -0.05) is 4.49 Å². The number of nitrogens with zero attached hydrogens (tertiary/aromatic N) is 3. The molecule has 0 bridgehead atoms. The molecule has 1 saturated heterocycles. The summed E-state index contributed by atoms with van der Waals surface area (Å²) in [6.45, 7) is 5.70. The second kappa shape index (κ2) is 5.56. The van der Waals surface area contributed by atoms with Crippen molar-refractivity contribution in [1.82, 2.24) is 14.5 Å². The van der Waals surface area contributed by atoms with Gasteiger partial charge >= 0.3 is 0 Å². The van der Waals surface area contributed by atoms with Gasteiger partial charge in [0.25, 0.3) is 0 Å². The van der Waals surface area contributed by atoms with E-state index < -0.39 is 0 Å². The third kappa shape index (κ3) is 2.90. The van der Waals surface area contributed by atoms with Crippen LogP contribution < -0.4 is 5.32 Å². The van der Waals surface area contributed by atoms with Crippen molar-refractivity contribution in [2.75, 3.05) is 25.0 Å². The van der Waals surface area contributed by atoms with Crippen molar-refractivity contribution in [2.45, 2.75) is 32.4 Å². The largest absolute Gasteiger partial charge is 0.393 e. The van der Waals surface area contributed by atoms with Gasteiger partial charge in [-0.25, -0.2) is 0 Å². The first-order valence-corrected chi connectivity index (χ1v) is 6.52. The fourth-order valence-electron chi connectivity index (χ4n) is 1.90. The highest BCUT2D eigenvalue weighted by molar-refractivity contribution is 7.10. The molecule has 0 spiro atoms. The van der Waals surface area contributed by atoms with Crippen molar-refractivity contribution in [3.05, 3.63) is 5.69 Å². The van der Waals surface area contributed by atoms with Crippen LogP contribution in [0.4, 0.5) is 5.00 Å². The van der Waals surface area contributed by atoms with Gasteiger partial charge in [0.2, 0.25) is 0 Å². The van der Waals surface area contributed by atoms with Gasteiger partial charge in [0.1, 0.15) is 10.7 Å². The number of rotatable bonds is 4. The lowest BCUT2D eigenvalue weighted by molar-refractivity contribution is 0.0787. The van der Waals surface area contributed by atoms with Crippen LogP contribution in [0, 0.1) is 0 Å². The summed E-state index contributed by atoms with van der Waals surface area (Å²) in [7, 11) is 0. The Kier molecular flexibility index (Phi) is 4.09. The summed E-state index contributed by atoms with van der Waals surface area (Å²) in [6, 6.07) is 0. The maximum Gasteiger partial charge on any atom is 0.134 e. The smallest absolute Gasteiger partial charge is 0.134 e. The van der Waals surface area contributed by atoms with Gasteiger partial charge in [0.15, 0.2) is 0 Å². The van der Waals surface area contributed by atoms with Crippen molar-refractivity contribution in [2.24, 2.45) is 0 Å². The summed E-state index contributed by atoms with van der Waals surface area (Å²) in [5, 5.41) is 17.9. The van der Waals surface area contributed by atoms with Crippen LogP contribution in [-0.4, -0.2) is 45.3 Å². The molecule has 0 radical (unpaired) electrons. The maximum absolute atomic E-state index is 9.43. The molecule has 16 heavy (non-hydrogen) atoms. The van der Waals surface area contributed by atoms with Gasteiger partial charge < -0.3 is 10.4 Å². The normalized spacial score (nSPS) is 18.9. The molecule has 1 aliphatic heterocycles. The molecule has 5 nitrogen and oxygen atoms in total. The third-order valence-corrected chi connectivity index (χ3v) is 3.55. The van der Waals surface area contributed by atoms with Gasteiger partial charge in [0, 0.05) is 37.7 Å². The molecule has 0 unspecified atom stereocenters. The number of aliphatic hydroxyl groups excluding tert-OH is 1. The van der Waals surface area contributed by atoms with E-state index in [0.29, 0.717) is 0 Å². The van der Waals surface area contributed by atoms with Crippen LogP contribution >= 0.6 is 11.5 Å². The Balaban J connectivity index is 1.90. The fraction of sp³-hybridized carbons (Fsp3) is 0.800. The monoisotopic (exact) mass is 242 g/mol. The minimum atomic E-state index is -0.113. The van der Waals surface area contributed by atoms with E-state index in [9.17, 15) is 5.11 Å². The van der Waals surface area contributed by atoms with Crippen LogP contribution in [0.5, 0.6) is 0 Å². The van der Waals surface area contributed by atoms with Gasteiger partial charge in [-0.3, -0.25) is 4.90 Å². The van der Waals surface area contributed by atoms with E-state index in [1.807, 2.05) is 0 Å². The molecule has 0 aromatic carbocycles. The highest BCUT2D eigenvalue weighted by Gasteiger charge is 2.19. The maximum atomic E-state index is 9.43. The average molecular weight is 242 g/mol. The van der Waals surface area contributed by atoms with E-state index in [2.05, 4.69) is 26.7 Å². The zero-order valence-corrected chi connectivity index (χ0v) is 10.3. The van der Waals surface area contributed by atoms with Crippen LogP contribution in [0.1, 0.15) is 25.5 Å². The van der Waals surface area contributed by atoms with Gasteiger partial charge in [-0.15, -0.1) is 5.10 Å². The lowest BCUT2D eigenvalue weighted by atomic mass is 10.1. The van der Waals surface area contributed by atoms with E-state index in [-0.39, 0.29) is 6.10 Å². The van der Waals surface area contributed by atoms with E-state index in [1.54, 1.807) is 0 Å². The molecular formula is C10H18N4OS. The van der Waals surface area contributed by atoms with Crippen LogP contribution in [-0.2, 0) is 6.54 Å². The van der Waals surface area contributed by atoms with Gasteiger partial charge in [-0.05, 0) is 19.8 Å². The summed E-state index contributed by atoms with van der Waals surface area (Å²) in [4.78, 5) is 2.32. The number of aromatic nitrogens is 2. The van der Waals surface area contributed by atoms with Crippen LogP contribution in [0.15, 0.2) is 0 Å². The highest BCUT2D eigenvalue weighted by Crippen LogP contribution is 2.20. The summed E-state index contributed by atoms with van der Waals surface area (Å²) in [5.41, 5.74) is 1.03. The topological polar surface area (TPSA) is 61.3 Å². The van der Waals surface area contributed by atoms with E-state index in [1.165, 1.54) is 11.5 Å². The molecule has 0 atom stereocenters. The molecule has 2 heterocycles. The Hall–Kier alpha value is -0.720. The molecule has 90 valence electrons. The average Bonchev–Trinajstić information content (AvgIpc) is 2.70. The Morgan fingerprint density at radius 3 is 2.94 bits per heavy atom. The summed E-state index contributed by atoms with van der Waals surface area (Å²) in [5.74, 6) is 0. The molecule has 0 aliphatic carbocycles. The number of aliphatic hydroxyl groups is 1. The molecular weight excluding hydrogens is 224 g/mol. The molecule has 6 heteroatoms. The lowest BCUT2D eigenvalue weighted by Gasteiger charge is -2.28. The predicted molar refractivity (Wildman–Crippen MR) is 64.6 cm³/mol. The van der Waals surface area contributed by atoms with Gasteiger partial charge in [-0.2, -0.15) is 0 Å². The van der Waals surface area contributed by atoms with Crippen LogP contribution in [0.25, 0.3) is 0 Å². The minimum absolute atomic E-state index is 0.113. The quantitative estimate of drug-likeness (QED) is 0.822. The number of hydrogen-bond acceptors (Lipinski definition) is 6. The molecule has 1 aromatic heterocycles. The Morgan fingerprint density at radius 1 is 1.50 bits per heavy atom. The number of nitrogens with one attached hydrogen (secondary N) is 1. The molecule has 1 aliphatic rings. The third-order valence-electron chi connectivity index (χ3n) is 2.82. The standard InChI is InChI=1S/C10H18N4OS/c1-2-11-10-9(12-13-16-10)7-14-5-3-8(15)4-6-14/h8,11,15H,2-7H2,1H3. The van der Waals surface area contributed by atoms with E-state index >= 15 is 0 Å². The van der Waals surface area contributed by atoms with Crippen LogP contribution in [0.2, 0.25) is 0 Å². The van der Waals surface area contributed by atoms with Crippen molar-refractivity contribution in [3.8, 4) is 0 Å². The second-order valence-corrected chi connectivity index (χ2v) is 4.84. The van der Waals surface area contributed by atoms with E-state index in [0.717, 1.165) is 49.7 Å². The first-order valence-electron chi connectivity index (χ1n) is 5.75. The van der Waals surface area contributed by atoms with Crippen molar-refractivity contribution < 1.29 is 5.11 Å². The summed E-state index contributed by atoms with van der Waals surface area (Å²) in [6.07, 6.45) is 1.63. The number of likely N-dealkylation sites (tertiary alicyclic amines) is 1. The Labute approximate surface area is 99.6 Å². The summed E-state index contributed by atoms with van der Waals surface area (Å²) >= 11 is 1.41. The predicted octanol–water partition coefficient (Wildman–Crippen LogP) is 0.927. The van der Waals surface area contributed by atoms with Crippen molar-refractivity contribution >= 4 is 16.5 Å². The van der Waals surface area contributed by atoms with Crippen molar-refractivity contribution in [1.29, 1.82) is 0 Å². The second-order valence-electron chi connectivity index (χ2n) is 4.09. The molecule has 0 amide bonds. The molecule has 2 rings (SSSR count). The fourth-order valence-corrected chi connectivity index (χ4v) is 2.54. The highest BCUT2D eigenvalue weighted by atomic mass is 32.1. The minimum Gasteiger partial charge on any atom is -0.393 e. The molecule has 1 fully saturated rings. The molecule has 0 saturated carbocycles. The number of piperidine rings is 1. The Morgan fingerprint density at radius 2 is 2.25 bits per heavy atom. The molecule has 2 N–H and O–H groups in total. The number of hydrogen-bond donors (Lipinski definition) is 2. The van der Waals surface area contributed by atoms with Crippen molar-refractivity contribution in [3.63, 3.8) is 0 Å². The lowest BCUT2D eigenvalue weighted by Crippen LogP contribution is -2.35. The zero-order valence-electron chi connectivity index (χ0n) is 9.52. The molecule has 1 aromatic rings. The van der Waals surface area contributed by atoms with Gasteiger partial charge in [0.05, 0.1) is 6.10 Å². The summed E-state index contributed by atoms with van der Waals surface area (Å²) < 4.78 is 3.97. The zero-order chi connectivity index (χ0) is 11.4. The van der Waals surface area contributed by atoms with E-state index in [4.69, 9.17) is 0 Å². The Bertz CT molecular complexity index is 322. The SMILES string of the molecule is CCNc1snnc1CN1CCC(O)CC1. The van der Waals surface area contributed by atoms with Crippen LogP contribution in [0.3, 0.4) is 0 Å². The first kappa shape index (κ1) is 11.8. The number of anilines is 1.